The van der Waals surface area contributed by atoms with Crippen molar-refractivity contribution in [2.24, 2.45) is 0 Å². The third-order valence-electron chi connectivity index (χ3n) is 4.68. The van der Waals surface area contributed by atoms with Gasteiger partial charge < -0.3 is 18.6 Å². The maximum Gasteiger partial charge on any atom is 0.311 e. The molecule has 0 N–H and O–H groups in total. The van der Waals surface area contributed by atoms with Crippen molar-refractivity contribution in [3.8, 4) is 23.0 Å². The van der Waals surface area contributed by atoms with Crippen molar-refractivity contribution < 1.29 is 23.4 Å². The Labute approximate surface area is 213 Å². The van der Waals surface area contributed by atoms with Crippen molar-refractivity contribution in [3.05, 3.63) is 91.7 Å². The number of hydrogen-bond acceptors (Lipinski definition) is 6. The molecule has 4 aromatic rings. The van der Waals surface area contributed by atoms with Crippen LogP contribution in [0.4, 0.5) is 0 Å². The SMILES string of the molecule is O=C(CCCOc1ccc(Cl)cc1Cl)Oc1ccc2c(=O)c(Oc3ccccc3Br)coc2c1. The Kier molecular flexibility index (Phi) is 7.77. The standard InChI is InChI=1S/C25H17BrCl2O6/c26-18-4-1-2-5-20(18)34-23-14-32-22-13-16(8-9-17(22)25(23)30)33-24(29)6-3-11-31-21-10-7-15(27)12-19(21)28/h1-2,4-5,7-10,12-14H,3,6,11H2. The number of ether oxygens (including phenoxy) is 3. The van der Waals surface area contributed by atoms with Crippen LogP contribution in [0.1, 0.15) is 12.8 Å². The fourth-order valence-corrected chi connectivity index (χ4v) is 3.87. The van der Waals surface area contributed by atoms with Crippen molar-refractivity contribution >= 4 is 56.1 Å². The first kappa shape index (κ1) is 24.1. The summed E-state index contributed by atoms with van der Waals surface area (Å²) in [5, 5.41) is 1.22. The van der Waals surface area contributed by atoms with Crippen LogP contribution in [0.15, 0.2) is 80.6 Å². The van der Waals surface area contributed by atoms with Crippen molar-refractivity contribution in [1.29, 1.82) is 0 Å². The molecule has 0 amide bonds. The highest BCUT2D eigenvalue weighted by atomic mass is 79.9. The topological polar surface area (TPSA) is 75.0 Å². The molecule has 1 aromatic heterocycles. The van der Waals surface area contributed by atoms with Crippen LogP contribution >= 0.6 is 39.1 Å². The van der Waals surface area contributed by atoms with E-state index in [0.29, 0.717) is 37.8 Å². The van der Waals surface area contributed by atoms with Crippen LogP contribution in [0.3, 0.4) is 0 Å². The van der Waals surface area contributed by atoms with Crippen LogP contribution in [-0.2, 0) is 4.79 Å². The van der Waals surface area contributed by atoms with Crippen molar-refractivity contribution in [1.82, 2.24) is 0 Å². The number of carbonyl (C=O) groups is 1. The number of esters is 1. The minimum Gasteiger partial charge on any atom is -0.492 e. The Morgan fingerprint density at radius 1 is 0.971 bits per heavy atom. The minimum absolute atomic E-state index is 0.0462. The normalized spacial score (nSPS) is 10.8. The van der Waals surface area contributed by atoms with E-state index in [1.165, 1.54) is 24.5 Å². The number of hydrogen-bond donors (Lipinski definition) is 0. The van der Waals surface area contributed by atoms with Crippen molar-refractivity contribution in [2.45, 2.75) is 12.8 Å². The highest BCUT2D eigenvalue weighted by molar-refractivity contribution is 9.10. The molecule has 6 nitrogen and oxygen atoms in total. The quantitative estimate of drug-likeness (QED) is 0.126. The molecule has 9 heteroatoms. The van der Waals surface area contributed by atoms with Crippen molar-refractivity contribution in [3.63, 3.8) is 0 Å². The van der Waals surface area contributed by atoms with E-state index < -0.39 is 5.97 Å². The molecule has 174 valence electrons. The second-order valence-electron chi connectivity index (χ2n) is 7.12. The van der Waals surface area contributed by atoms with Gasteiger partial charge in [-0.1, -0.05) is 35.3 Å². The maximum atomic E-state index is 12.8. The lowest BCUT2D eigenvalue weighted by Crippen LogP contribution is -2.10. The zero-order chi connectivity index (χ0) is 24.1. The lowest BCUT2D eigenvalue weighted by atomic mass is 10.2. The second kappa shape index (κ2) is 11.0. The summed E-state index contributed by atoms with van der Waals surface area (Å²) in [6.07, 6.45) is 1.79. The summed E-state index contributed by atoms with van der Waals surface area (Å²) in [5.74, 6) is 0.849. The fourth-order valence-electron chi connectivity index (χ4n) is 3.04. The van der Waals surface area contributed by atoms with Gasteiger partial charge in [0.15, 0.2) is 0 Å². The molecule has 3 aromatic carbocycles. The van der Waals surface area contributed by atoms with Gasteiger partial charge in [-0.25, -0.2) is 0 Å². The van der Waals surface area contributed by atoms with Crippen LogP contribution in [0.5, 0.6) is 23.0 Å². The largest absolute Gasteiger partial charge is 0.492 e. The zero-order valence-corrected chi connectivity index (χ0v) is 20.7. The van der Waals surface area contributed by atoms with Gasteiger partial charge in [0, 0.05) is 17.5 Å². The number of rotatable bonds is 8. The summed E-state index contributed by atoms with van der Waals surface area (Å²) in [7, 11) is 0. The average Bonchev–Trinajstić information content (AvgIpc) is 2.81. The van der Waals surface area contributed by atoms with E-state index in [1.54, 1.807) is 36.4 Å². The highest BCUT2D eigenvalue weighted by Crippen LogP contribution is 2.30. The first-order valence-corrected chi connectivity index (χ1v) is 11.7. The Balaban J connectivity index is 1.35. The zero-order valence-electron chi connectivity index (χ0n) is 17.6. The van der Waals surface area contributed by atoms with E-state index in [4.69, 9.17) is 41.8 Å². The molecule has 0 fully saturated rings. The second-order valence-corrected chi connectivity index (χ2v) is 8.82. The Bertz CT molecular complexity index is 1400. The van der Waals surface area contributed by atoms with Gasteiger partial charge in [0.2, 0.25) is 11.2 Å². The van der Waals surface area contributed by atoms with Gasteiger partial charge in [-0.05, 0) is 64.8 Å². The van der Waals surface area contributed by atoms with E-state index in [9.17, 15) is 9.59 Å². The van der Waals surface area contributed by atoms with Crippen LogP contribution in [0.25, 0.3) is 11.0 Å². The smallest absolute Gasteiger partial charge is 0.311 e. The van der Waals surface area contributed by atoms with E-state index in [1.807, 2.05) is 6.07 Å². The molecule has 0 aliphatic heterocycles. The lowest BCUT2D eigenvalue weighted by Gasteiger charge is -2.09. The predicted octanol–water partition coefficient (Wildman–Crippen LogP) is 7.42. The summed E-state index contributed by atoms with van der Waals surface area (Å²) >= 11 is 15.3. The average molecular weight is 564 g/mol. The molecule has 0 aliphatic rings. The molecule has 0 radical (unpaired) electrons. The Morgan fingerprint density at radius 2 is 1.79 bits per heavy atom. The molecular formula is C25H17BrCl2O6. The fraction of sp³-hybridized carbons (Fsp3) is 0.120. The molecule has 0 unspecified atom stereocenters. The van der Waals surface area contributed by atoms with E-state index in [-0.39, 0.29) is 35.5 Å². The maximum absolute atomic E-state index is 12.8. The van der Waals surface area contributed by atoms with Crippen LogP contribution < -0.4 is 19.6 Å². The van der Waals surface area contributed by atoms with E-state index >= 15 is 0 Å². The molecule has 4 rings (SSSR count). The summed E-state index contributed by atoms with van der Waals surface area (Å²) in [6, 6.07) is 16.6. The molecule has 0 saturated heterocycles. The summed E-state index contributed by atoms with van der Waals surface area (Å²) in [5.41, 5.74) is -0.0663. The summed E-state index contributed by atoms with van der Waals surface area (Å²) < 4.78 is 22.9. The molecule has 34 heavy (non-hydrogen) atoms. The van der Waals surface area contributed by atoms with Gasteiger partial charge in [-0.2, -0.15) is 0 Å². The molecule has 0 bridgehead atoms. The van der Waals surface area contributed by atoms with Gasteiger partial charge in [-0.15, -0.1) is 0 Å². The highest BCUT2D eigenvalue weighted by Gasteiger charge is 2.13. The number of benzene rings is 3. The van der Waals surface area contributed by atoms with Crippen LogP contribution in [-0.4, -0.2) is 12.6 Å². The Hall–Kier alpha value is -3.00. The third kappa shape index (κ3) is 5.91. The van der Waals surface area contributed by atoms with Crippen molar-refractivity contribution in [2.75, 3.05) is 6.61 Å². The van der Waals surface area contributed by atoms with Gasteiger partial charge in [-0.3, -0.25) is 9.59 Å². The van der Waals surface area contributed by atoms with E-state index in [2.05, 4.69) is 15.9 Å². The monoisotopic (exact) mass is 562 g/mol. The summed E-state index contributed by atoms with van der Waals surface area (Å²) in [6.45, 7) is 0.281. The molecule has 0 atom stereocenters. The first-order valence-electron chi connectivity index (χ1n) is 10.2. The number of carbonyl (C=O) groups excluding carboxylic acids is 1. The number of halogens is 3. The van der Waals surface area contributed by atoms with E-state index in [0.717, 1.165) is 0 Å². The Morgan fingerprint density at radius 3 is 2.59 bits per heavy atom. The molecule has 1 heterocycles. The third-order valence-corrected chi connectivity index (χ3v) is 5.86. The predicted molar refractivity (Wildman–Crippen MR) is 134 cm³/mol. The molecular weight excluding hydrogens is 547 g/mol. The summed E-state index contributed by atoms with van der Waals surface area (Å²) in [4.78, 5) is 25.0. The first-order chi connectivity index (χ1) is 16.4. The van der Waals surface area contributed by atoms with Gasteiger partial charge in [0.25, 0.3) is 0 Å². The number of para-hydroxylation sites is 1. The molecule has 0 saturated carbocycles. The molecule has 0 spiro atoms. The van der Waals surface area contributed by atoms with Crippen LogP contribution in [0.2, 0.25) is 10.0 Å². The number of fused-ring (bicyclic) bond motifs is 1. The minimum atomic E-state index is -0.443. The molecule has 0 aliphatic carbocycles. The van der Waals surface area contributed by atoms with Crippen LogP contribution in [0, 0.1) is 0 Å². The van der Waals surface area contributed by atoms with Gasteiger partial charge in [0.1, 0.15) is 29.1 Å². The van der Waals surface area contributed by atoms with Gasteiger partial charge in [0.05, 0.1) is 21.5 Å². The van der Waals surface area contributed by atoms with Gasteiger partial charge >= 0.3 is 5.97 Å². The lowest BCUT2D eigenvalue weighted by molar-refractivity contribution is -0.134.